The van der Waals surface area contributed by atoms with Crippen molar-refractivity contribution in [2.24, 2.45) is 0 Å². The van der Waals surface area contributed by atoms with Gasteiger partial charge in [-0.25, -0.2) is 0 Å². The third kappa shape index (κ3) is 2.89. The van der Waals surface area contributed by atoms with Crippen LogP contribution in [0.15, 0.2) is 54.9 Å². The van der Waals surface area contributed by atoms with Gasteiger partial charge in [-0.15, -0.1) is 0 Å². The first-order valence-electron chi connectivity index (χ1n) is 4.37. The lowest BCUT2D eigenvalue weighted by Gasteiger charge is -1.98. The van der Waals surface area contributed by atoms with Gasteiger partial charge in [0.2, 0.25) is 0 Å². The molecule has 0 amide bonds. The Kier molecular flexibility index (Phi) is 4.79. The van der Waals surface area contributed by atoms with Crippen LogP contribution in [0.3, 0.4) is 0 Å². The zero-order chi connectivity index (χ0) is 10.2. The van der Waals surface area contributed by atoms with E-state index >= 15 is 0 Å². The molecule has 0 spiro atoms. The van der Waals surface area contributed by atoms with Gasteiger partial charge in [0.25, 0.3) is 0 Å². The lowest BCUT2D eigenvalue weighted by molar-refractivity contribution is 1.33. The van der Waals surface area contributed by atoms with Crippen LogP contribution in [0.5, 0.6) is 0 Å². The Bertz CT molecular complexity index is 308. The molecule has 0 aliphatic rings. The summed E-state index contributed by atoms with van der Waals surface area (Å²) in [6, 6.07) is 14.3. The van der Waals surface area contributed by atoms with E-state index in [1.807, 2.05) is 42.7 Å². The summed E-state index contributed by atoms with van der Waals surface area (Å²) >= 11 is 3.53. The SMILES string of the molecule is CS.c1ccc(-c2ccncc2)cc1. The monoisotopic (exact) mass is 203 g/mol. The largest absolute Gasteiger partial charge is 0.265 e. The fraction of sp³-hybridized carbons (Fsp3) is 0.0833. The molecule has 14 heavy (non-hydrogen) atoms. The van der Waals surface area contributed by atoms with E-state index in [2.05, 4.69) is 29.7 Å². The van der Waals surface area contributed by atoms with Gasteiger partial charge in [-0.1, -0.05) is 30.3 Å². The van der Waals surface area contributed by atoms with Crippen molar-refractivity contribution in [1.82, 2.24) is 4.98 Å². The van der Waals surface area contributed by atoms with E-state index in [0.29, 0.717) is 0 Å². The van der Waals surface area contributed by atoms with Crippen LogP contribution in [0, 0.1) is 0 Å². The van der Waals surface area contributed by atoms with Crippen LogP contribution in [0.25, 0.3) is 11.1 Å². The first-order chi connectivity index (χ1) is 6.97. The maximum Gasteiger partial charge on any atom is 0.0273 e. The third-order valence-corrected chi connectivity index (χ3v) is 1.79. The van der Waals surface area contributed by atoms with Gasteiger partial charge in [-0.2, -0.15) is 12.6 Å². The molecule has 0 saturated heterocycles. The molecule has 0 fully saturated rings. The van der Waals surface area contributed by atoms with Gasteiger partial charge in [0.05, 0.1) is 0 Å². The Balaban J connectivity index is 0.000000461. The highest BCUT2D eigenvalue weighted by Crippen LogP contribution is 2.16. The number of benzene rings is 1. The standard InChI is InChI=1S/C11H9N.CH4S/c1-2-4-10(5-3-1)11-6-8-12-9-7-11;1-2/h1-9H;2H,1H3. The summed E-state index contributed by atoms with van der Waals surface area (Å²) in [4.78, 5) is 3.97. The highest BCUT2D eigenvalue weighted by Gasteiger charge is 1.92. The molecule has 2 aromatic rings. The average Bonchev–Trinajstić information content (AvgIpc) is 2.34. The number of aromatic nitrogens is 1. The van der Waals surface area contributed by atoms with Crippen molar-refractivity contribution in [2.45, 2.75) is 0 Å². The molecule has 1 aromatic carbocycles. The van der Waals surface area contributed by atoms with Crippen LogP contribution >= 0.6 is 12.6 Å². The van der Waals surface area contributed by atoms with Gasteiger partial charge >= 0.3 is 0 Å². The van der Waals surface area contributed by atoms with Gasteiger partial charge in [0.15, 0.2) is 0 Å². The molecule has 1 nitrogen and oxygen atoms in total. The molecular formula is C12H13NS. The Labute approximate surface area is 90.2 Å². The van der Waals surface area contributed by atoms with Gasteiger partial charge in [0.1, 0.15) is 0 Å². The number of hydrogen-bond donors (Lipinski definition) is 1. The van der Waals surface area contributed by atoms with Crippen molar-refractivity contribution >= 4 is 12.6 Å². The predicted octanol–water partition coefficient (Wildman–Crippen LogP) is 3.29. The van der Waals surface area contributed by atoms with Gasteiger partial charge in [-0.05, 0) is 29.5 Å². The summed E-state index contributed by atoms with van der Waals surface area (Å²) in [5.41, 5.74) is 2.45. The summed E-state index contributed by atoms with van der Waals surface area (Å²) in [6.07, 6.45) is 5.31. The van der Waals surface area contributed by atoms with Crippen molar-refractivity contribution in [3.8, 4) is 11.1 Å². The second-order valence-electron chi connectivity index (χ2n) is 2.60. The van der Waals surface area contributed by atoms with E-state index in [9.17, 15) is 0 Å². The molecule has 0 atom stereocenters. The maximum atomic E-state index is 3.97. The summed E-state index contributed by atoms with van der Waals surface area (Å²) in [7, 11) is 0. The van der Waals surface area contributed by atoms with Crippen LogP contribution in [-0.2, 0) is 0 Å². The van der Waals surface area contributed by atoms with E-state index in [-0.39, 0.29) is 0 Å². The summed E-state index contributed by atoms with van der Waals surface area (Å²) in [5, 5.41) is 0. The minimum Gasteiger partial charge on any atom is -0.265 e. The Morgan fingerprint density at radius 3 is 1.86 bits per heavy atom. The van der Waals surface area contributed by atoms with Crippen LogP contribution in [0.4, 0.5) is 0 Å². The average molecular weight is 203 g/mol. The highest BCUT2D eigenvalue weighted by molar-refractivity contribution is 7.79. The fourth-order valence-corrected chi connectivity index (χ4v) is 1.17. The molecule has 1 aromatic heterocycles. The van der Waals surface area contributed by atoms with E-state index in [1.54, 1.807) is 6.26 Å². The lowest BCUT2D eigenvalue weighted by Crippen LogP contribution is -1.76. The molecule has 0 saturated carbocycles. The first-order valence-corrected chi connectivity index (χ1v) is 5.26. The quantitative estimate of drug-likeness (QED) is 0.702. The molecule has 1 heterocycles. The van der Waals surface area contributed by atoms with Crippen molar-refractivity contribution < 1.29 is 0 Å². The molecular weight excluding hydrogens is 190 g/mol. The summed E-state index contributed by atoms with van der Waals surface area (Å²) in [5.74, 6) is 0. The Morgan fingerprint density at radius 2 is 1.29 bits per heavy atom. The molecule has 0 N–H and O–H groups in total. The van der Waals surface area contributed by atoms with Crippen LogP contribution in [-0.4, -0.2) is 11.2 Å². The normalized spacial score (nSPS) is 8.71. The molecule has 0 aliphatic heterocycles. The van der Waals surface area contributed by atoms with Crippen molar-refractivity contribution in [1.29, 1.82) is 0 Å². The highest BCUT2D eigenvalue weighted by atomic mass is 32.1. The molecule has 0 aliphatic carbocycles. The number of nitrogens with zero attached hydrogens (tertiary/aromatic N) is 1. The van der Waals surface area contributed by atoms with E-state index in [0.717, 1.165) is 0 Å². The van der Waals surface area contributed by atoms with Gasteiger partial charge in [0, 0.05) is 12.4 Å². The van der Waals surface area contributed by atoms with Crippen molar-refractivity contribution in [2.75, 3.05) is 6.26 Å². The molecule has 0 radical (unpaired) electrons. The smallest absolute Gasteiger partial charge is 0.0273 e. The Morgan fingerprint density at radius 1 is 0.786 bits per heavy atom. The predicted molar refractivity (Wildman–Crippen MR) is 64.6 cm³/mol. The van der Waals surface area contributed by atoms with Crippen LogP contribution < -0.4 is 0 Å². The third-order valence-electron chi connectivity index (χ3n) is 1.79. The number of pyridine rings is 1. The van der Waals surface area contributed by atoms with Crippen LogP contribution in [0.2, 0.25) is 0 Å². The molecule has 2 rings (SSSR count). The number of hydrogen-bond acceptors (Lipinski definition) is 2. The molecule has 0 unspecified atom stereocenters. The van der Waals surface area contributed by atoms with E-state index < -0.39 is 0 Å². The minimum absolute atomic E-state index is 1.21. The second-order valence-corrected chi connectivity index (χ2v) is 2.60. The van der Waals surface area contributed by atoms with Gasteiger partial charge in [-0.3, -0.25) is 4.98 Å². The van der Waals surface area contributed by atoms with Gasteiger partial charge < -0.3 is 0 Å². The Hall–Kier alpha value is -1.28. The zero-order valence-electron chi connectivity index (χ0n) is 8.09. The minimum atomic E-state index is 1.21. The van der Waals surface area contributed by atoms with Crippen molar-refractivity contribution in [3.63, 3.8) is 0 Å². The fourth-order valence-electron chi connectivity index (χ4n) is 1.17. The topological polar surface area (TPSA) is 12.9 Å². The van der Waals surface area contributed by atoms with E-state index in [1.165, 1.54) is 11.1 Å². The van der Waals surface area contributed by atoms with E-state index in [4.69, 9.17) is 0 Å². The summed E-state index contributed by atoms with van der Waals surface area (Å²) in [6.45, 7) is 0. The molecule has 2 heteroatoms. The molecule has 0 bridgehead atoms. The summed E-state index contributed by atoms with van der Waals surface area (Å²) < 4.78 is 0. The number of rotatable bonds is 1. The van der Waals surface area contributed by atoms with Crippen molar-refractivity contribution in [3.05, 3.63) is 54.9 Å². The van der Waals surface area contributed by atoms with Crippen LogP contribution in [0.1, 0.15) is 0 Å². The maximum absolute atomic E-state index is 3.97. The lowest BCUT2D eigenvalue weighted by atomic mass is 10.1. The number of thiol groups is 1. The zero-order valence-corrected chi connectivity index (χ0v) is 8.99. The first kappa shape index (κ1) is 10.8. The second kappa shape index (κ2) is 6.22. The molecule has 72 valence electrons.